The van der Waals surface area contributed by atoms with E-state index in [9.17, 15) is 44.6 Å². The lowest BCUT2D eigenvalue weighted by Gasteiger charge is -2.41. The van der Waals surface area contributed by atoms with E-state index in [1.54, 1.807) is 0 Å². The minimum absolute atomic E-state index is 0.0905. The zero-order valence-corrected chi connectivity index (χ0v) is 41.2. The second kappa shape index (κ2) is 40.8. The lowest BCUT2D eigenvalue weighted by Crippen LogP contribution is -2.64. The molecule has 0 radical (unpaired) electrons. The Morgan fingerprint density at radius 3 is 1.31 bits per heavy atom. The van der Waals surface area contributed by atoms with Gasteiger partial charge in [0, 0.05) is 12.8 Å². The van der Waals surface area contributed by atoms with Crippen molar-refractivity contribution in [2.45, 2.75) is 249 Å². The molecule has 0 saturated heterocycles. The first kappa shape index (κ1) is 60.8. The van der Waals surface area contributed by atoms with E-state index < -0.39 is 75.7 Å². The molecule has 0 aromatic rings. The number of carbonyl (C=O) groups is 2. The summed E-state index contributed by atoms with van der Waals surface area (Å²) in [5.41, 5.74) is 0. The van der Waals surface area contributed by atoms with E-state index in [1.165, 1.54) is 77.0 Å². The van der Waals surface area contributed by atoms with Crippen LogP contribution in [0.15, 0.2) is 48.6 Å². The molecule has 0 amide bonds. The molecule has 0 aliphatic heterocycles. The minimum atomic E-state index is -5.12. The Morgan fingerprint density at radius 2 is 0.862 bits per heavy atom. The van der Waals surface area contributed by atoms with Crippen molar-refractivity contribution in [3.63, 3.8) is 0 Å². The molecule has 0 heterocycles. The molecule has 6 N–H and O–H groups in total. The third-order valence-electron chi connectivity index (χ3n) is 11.6. The Hall–Kier alpha value is -2.19. The SMILES string of the molecule is CCC/C=C\C/C=C\CCCCCCCC(=O)OCC(COP(=O)(O)OC1C(O)C(O)C(O)C(O)C1O)OC(=O)CCCCCCCCCCCCC/C=C\C/C=C\CCCCCCC. The van der Waals surface area contributed by atoms with E-state index in [4.69, 9.17) is 18.5 Å². The van der Waals surface area contributed by atoms with Gasteiger partial charge in [0.15, 0.2) is 6.10 Å². The first-order valence-corrected chi connectivity index (χ1v) is 26.9. The Balaban J connectivity index is 2.38. The fourth-order valence-electron chi connectivity index (χ4n) is 7.53. The molecule has 1 aliphatic rings. The van der Waals surface area contributed by atoms with Crippen LogP contribution in [0.4, 0.5) is 0 Å². The smallest absolute Gasteiger partial charge is 0.462 e. The summed E-state index contributed by atoms with van der Waals surface area (Å²) in [6.45, 7) is 3.22. The molecule has 6 unspecified atom stereocenters. The van der Waals surface area contributed by atoms with Crippen molar-refractivity contribution in [3.8, 4) is 0 Å². The maximum atomic E-state index is 12.8. The average Bonchev–Trinajstić information content (AvgIpc) is 3.29. The third-order valence-corrected chi connectivity index (χ3v) is 12.6. The number of aliphatic hydroxyl groups is 5. The number of unbranched alkanes of at least 4 members (excludes halogenated alkanes) is 22. The van der Waals surface area contributed by atoms with Crippen molar-refractivity contribution in [3.05, 3.63) is 48.6 Å². The normalized spacial score (nSPS) is 21.8. The van der Waals surface area contributed by atoms with E-state index in [0.717, 1.165) is 89.9 Å². The number of hydrogen-bond donors (Lipinski definition) is 6. The highest BCUT2D eigenvalue weighted by Gasteiger charge is 2.51. The summed E-state index contributed by atoms with van der Waals surface area (Å²) in [6, 6.07) is 0. The van der Waals surface area contributed by atoms with Gasteiger partial charge in [0.1, 0.15) is 43.2 Å². The summed E-state index contributed by atoms with van der Waals surface area (Å²) in [5, 5.41) is 50.2. The van der Waals surface area contributed by atoms with Crippen molar-refractivity contribution in [1.82, 2.24) is 0 Å². The van der Waals surface area contributed by atoms with E-state index in [0.29, 0.717) is 12.8 Å². The number of phosphoric acid groups is 1. The van der Waals surface area contributed by atoms with Crippen LogP contribution < -0.4 is 0 Å². The van der Waals surface area contributed by atoms with Gasteiger partial charge in [0.25, 0.3) is 0 Å². The van der Waals surface area contributed by atoms with Crippen LogP contribution in [0.25, 0.3) is 0 Å². The van der Waals surface area contributed by atoms with E-state index >= 15 is 0 Å². The van der Waals surface area contributed by atoms with Crippen LogP contribution >= 0.6 is 7.82 Å². The van der Waals surface area contributed by atoms with Crippen LogP contribution in [0.1, 0.15) is 206 Å². The standard InChI is InChI=1S/C51H91O13P/c1-3-5-7-9-11-13-15-17-18-19-20-21-22-23-24-25-26-28-30-32-34-36-38-40-45(53)63-43(42-62-65(59,60)64-51-49(57)47(55)46(54)48(56)50(51)58)41-61-44(52)39-37-35-33-31-29-27-16-14-12-10-8-6-4-2/h8,10,14-17,19-20,43,46-51,54-58H,3-7,9,11-13,18,21-42H2,1-2H3,(H,59,60)/b10-8-,16-14-,17-15-,20-19-. The van der Waals surface area contributed by atoms with Gasteiger partial charge in [0.2, 0.25) is 0 Å². The van der Waals surface area contributed by atoms with Gasteiger partial charge in [-0.25, -0.2) is 4.57 Å². The molecule has 1 rings (SSSR count). The molecule has 378 valence electrons. The van der Waals surface area contributed by atoms with Gasteiger partial charge in [-0.2, -0.15) is 0 Å². The highest BCUT2D eigenvalue weighted by Crippen LogP contribution is 2.47. The largest absolute Gasteiger partial charge is 0.472 e. The molecule has 0 bridgehead atoms. The first-order chi connectivity index (χ1) is 31.4. The number of aliphatic hydroxyl groups excluding tert-OH is 5. The van der Waals surface area contributed by atoms with Gasteiger partial charge in [-0.05, 0) is 70.6 Å². The lowest BCUT2D eigenvalue weighted by atomic mass is 9.85. The number of esters is 2. The molecule has 0 aromatic carbocycles. The maximum absolute atomic E-state index is 12.8. The lowest BCUT2D eigenvalue weighted by molar-refractivity contribution is -0.220. The van der Waals surface area contributed by atoms with Crippen molar-refractivity contribution in [1.29, 1.82) is 0 Å². The molecular weight excluding hydrogens is 852 g/mol. The zero-order chi connectivity index (χ0) is 47.8. The number of phosphoric ester groups is 1. The number of carbonyl (C=O) groups excluding carboxylic acids is 2. The van der Waals surface area contributed by atoms with Gasteiger partial charge in [-0.1, -0.05) is 172 Å². The second-order valence-corrected chi connectivity index (χ2v) is 19.1. The Bertz CT molecular complexity index is 1320. The van der Waals surface area contributed by atoms with Crippen LogP contribution in [0.3, 0.4) is 0 Å². The summed E-state index contributed by atoms with van der Waals surface area (Å²) >= 11 is 0. The van der Waals surface area contributed by atoms with Crippen molar-refractivity contribution < 1.29 is 63.1 Å². The topological polar surface area (TPSA) is 210 Å². The Morgan fingerprint density at radius 1 is 0.477 bits per heavy atom. The van der Waals surface area contributed by atoms with Crippen LogP contribution in [-0.2, 0) is 32.7 Å². The zero-order valence-electron chi connectivity index (χ0n) is 40.3. The molecule has 0 aromatic heterocycles. The molecule has 1 aliphatic carbocycles. The van der Waals surface area contributed by atoms with E-state index in [1.807, 2.05) is 0 Å². The Labute approximate surface area is 392 Å². The van der Waals surface area contributed by atoms with Gasteiger partial charge in [-0.3, -0.25) is 18.6 Å². The summed E-state index contributed by atoms with van der Waals surface area (Å²) in [5.74, 6) is -1.12. The van der Waals surface area contributed by atoms with Gasteiger partial charge >= 0.3 is 19.8 Å². The molecular formula is C51H91O13P. The fourth-order valence-corrected chi connectivity index (χ4v) is 8.50. The van der Waals surface area contributed by atoms with Crippen molar-refractivity contribution in [2.24, 2.45) is 0 Å². The second-order valence-electron chi connectivity index (χ2n) is 17.7. The summed E-state index contributed by atoms with van der Waals surface area (Å²) in [4.78, 5) is 35.8. The number of ether oxygens (including phenoxy) is 2. The Kier molecular flexibility index (Phi) is 38.2. The summed E-state index contributed by atoms with van der Waals surface area (Å²) in [6.07, 6.45) is 35.9. The average molecular weight is 943 g/mol. The summed E-state index contributed by atoms with van der Waals surface area (Å²) in [7, 11) is -5.12. The molecule has 13 nitrogen and oxygen atoms in total. The monoisotopic (exact) mass is 943 g/mol. The fraction of sp³-hybridized carbons (Fsp3) is 0.804. The van der Waals surface area contributed by atoms with E-state index in [-0.39, 0.29) is 12.8 Å². The summed E-state index contributed by atoms with van der Waals surface area (Å²) < 4.78 is 33.6. The molecule has 14 heteroatoms. The van der Waals surface area contributed by atoms with Crippen LogP contribution in [0.2, 0.25) is 0 Å². The first-order valence-electron chi connectivity index (χ1n) is 25.4. The number of allylic oxidation sites excluding steroid dienone is 8. The highest BCUT2D eigenvalue weighted by molar-refractivity contribution is 7.47. The predicted octanol–water partition coefficient (Wildman–Crippen LogP) is 10.7. The molecule has 65 heavy (non-hydrogen) atoms. The quantitative estimate of drug-likeness (QED) is 0.0146. The third kappa shape index (κ3) is 33.0. The molecule has 6 atom stereocenters. The van der Waals surface area contributed by atoms with Gasteiger partial charge in [-0.15, -0.1) is 0 Å². The van der Waals surface area contributed by atoms with E-state index in [2.05, 4.69) is 62.5 Å². The van der Waals surface area contributed by atoms with Crippen LogP contribution in [0, 0.1) is 0 Å². The van der Waals surface area contributed by atoms with Crippen molar-refractivity contribution in [2.75, 3.05) is 13.2 Å². The predicted molar refractivity (Wildman–Crippen MR) is 258 cm³/mol. The number of rotatable bonds is 42. The maximum Gasteiger partial charge on any atom is 0.472 e. The van der Waals surface area contributed by atoms with Gasteiger partial charge < -0.3 is 39.9 Å². The van der Waals surface area contributed by atoms with Gasteiger partial charge in [0.05, 0.1) is 6.61 Å². The highest BCUT2D eigenvalue weighted by atomic mass is 31.2. The van der Waals surface area contributed by atoms with Crippen LogP contribution in [-0.4, -0.2) is 98.3 Å². The number of hydrogen-bond acceptors (Lipinski definition) is 12. The molecule has 0 spiro atoms. The van der Waals surface area contributed by atoms with Crippen molar-refractivity contribution >= 4 is 19.8 Å². The molecule has 1 saturated carbocycles. The van der Waals surface area contributed by atoms with Crippen LogP contribution in [0.5, 0.6) is 0 Å². The molecule has 1 fully saturated rings. The minimum Gasteiger partial charge on any atom is -0.462 e.